The first kappa shape index (κ1) is 13.4. The zero-order chi connectivity index (χ0) is 12.7. The van der Waals surface area contributed by atoms with Gasteiger partial charge in [0.25, 0.3) is 5.91 Å². The number of amides is 1. The summed E-state index contributed by atoms with van der Waals surface area (Å²) in [6, 6.07) is 0. The number of rotatable bonds is 6. The summed E-state index contributed by atoms with van der Waals surface area (Å²) in [5.41, 5.74) is 0.329. The number of hydrogen-bond acceptors (Lipinski definition) is 5. The monoisotopic (exact) mass is 238 g/mol. The van der Waals surface area contributed by atoms with Crippen molar-refractivity contribution in [1.82, 2.24) is 14.9 Å². The molecule has 1 rings (SSSR count). The van der Waals surface area contributed by atoms with Crippen LogP contribution in [0.4, 0.5) is 5.82 Å². The molecule has 0 fully saturated rings. The molecule has 6 heteroatoms. The van der Waals surface area contributed by atoms with Gasteiger partial charge in [-0.3, -0.25) is 9.78 Å². The highest BCUT2D eigenvalue weighted by Crippen LogP contribution is 2.03. The van der Waals surface area contributed by atoms with Crippen molar-refractivity contribution in [3.8, 4) is 0 Å². The minimum atomic E-state index is -0.158. The first-order valence-electron chi connectivity index (χ1n) is 5.52. The molecule has 1 heterocycles. The number of carbonyl (C=O) groups excluding carboxylic acids is 1. The quantitative estimate of drug-likeness (QED) is 0.736. The third-order valence-corrected chi connectivity index (χ3v) is 2.23. The lowest BCUT2D eigenvalue weighted by atomic mass is 10.4. The fourth-order valence-electron chi connectivity index (χ4n) is 1.23. The fourth-order valence-corrected chi connectivity index (χ4v) is 1.23. The molecular weight excluding hydrogens is 220 g/mol. The Bertz CT molecular complexity index is 370. The Hall–Kier alpha value is -1.69. The Kier molecular flexibility index (Phi) is 5.35. The summed E-state index contributed by atoms with van der Waals surface area (Å²) < 4.78 is 5.19. The number of nitrogens with zero attached hydrogens (tertiary/aromatic N) is 3. The van der Waals surface area contributed by atoms with Crippen molar-refractivity contribution in [3.05, 3.63) is 18.1 Å². The lowest BCUT2D eigenvalue weighted by Crippen LogP contribution is -2.31. The van der Waals surface area contributed by atoms with Gasteiger partial charge in [0.1, 0.15) is 11.5 Å². The van der Waals surface area contributed by atoms with Gasteiger partial charge in [-0.1, -0.05) is 0 Å². The van der Waals surface area contributed by atoms with E-state index in [0.717, 1.165) is 0 Å². The average Bonchev–Trinajstić information content (AvgIpc) is 2.38. The first-order chi connectivity index (χ1) is 8.19. The van der Waals surface area contributed by atoms with E-state index < -0.39 is 0 Å². The van der Waals surface area contributed by atoms with E-state index >= 15 is 0 Å². The van der Waals surface area contributed by atoms with Crippen molar-refractivity contribution >= 4 is 11.7 Å². The van der Waals surface area contributed by atoms with Gasteiger partial charge >= 0.3 is 0 Å². The highest BCUT2D eigenvalue weighted by molar-refractivity contribution is 5.92. The van der Waals surface area contributed by atoms with E-state index in [0.29, 0.717) is 31.3 Å². The maximum absolute atomic E-state index is 11.9. The van der Waals surface area contributed by atoms with Crippen LogP contribution < -0.4 is 5.32 Å². The molecule has 0 bridgehead atoms. The number of nitrogens with one attached hydrogen (secondary N) is 1. The summed E-state index contributed by atoms with van der Waals surface area (Å²) >= 11 is 0. The van der Waals surface area contributed by atoms with E-state index in [-0.39, 0.29) is 5.91 Å². The summed E-state index contributed by atoms with van der Waals surface area (Å²) in [6.45, 7) is 3.64. The largest absolute Gasteiger partial charge is 0.380 e. The van der Waals surface area contributed by atoms with Gasteiger partial charge < -0.3 is 15.0 Å². The van der Waals surface area contributed by atoms with Crippen LogP contribution in [0.15, 0.2) is 12.4 Å². The van der Waals surface area contributed by atoms with E-state index in [9.17, 15) is 4.79 Å². The highest BCUT2D eigenvalue weighted by atomic mass is 16.5. The molecule has 6 nitrogen and oxygen atoms in total. The van der Waals surface area contributed by atoms with Crippen LogP contribution in [0, 0.1) is 0 Å². The van der Waals surface area contributed by atoms with Gasteiger partial charge in [0.05, 0.1) is 19.0 Å². The number of likely N-dealkylation sites (N-methyl/N-ethyl adjacent to an activating group) is 1. The third-order valence-electron chi connectivity index (χ3n) is 2.23. The van der Waals surface area contributed by atoms with Crippen molar-refractivity contribution < 1.29 is 9.53 Å². The highest BCUT2D eigenvalue weighted by Gasteiger charge is 2.13. The van der Waals surface area contributed by atoms with Gasteiger partial charge in [0.15, 0.2) is 0 Å². The molecular formula is C11H18N4O2. The Morgan fingerprint density at radius 2 is 2.29 bits per heavy atom. The number of ether oxygens (including phenoxy) is 1. The summed E-state index contributed by atoms with van der Waals surface area (Å²) in [4.78, 5) is 21.6. The van der Waals surface area contributed by atoms with Crippen LogP contribution in [0.3, 0.4) is 0 Å². The minimum absolute atomic E-state index is 0.158. The van der Waals surface area contributed by atoms with Gasteiger partial charge in [-0.2, -0.15) is 0 Å². The molecule has 1 aromatic heterocycles. The number of aromatic nitrogens is 2. The van der Waals surface area contributed by atoms with Gasteiger partial charge in [0.2, 0.25) is 0 Å². The van der Waals surface area contributed by atoms with E-state index in [4.69, 9.17) is 4.74 Å². The summed E-state index contributed by atoms with van der Waals surface area (Å²) in [5, 5.41) is 2.84. The predicted molar refractivity (Wildman–Crippen MR) is 65.0 cm³/mol. The SMILES string of the molecule is CCOCCN(C)C(=O)c1cncc(NC)n1. The molecule has 0 saturated heterocycles. The van der Waals surface area contributed by atoms with Crippen LogP contribution in [0.2, 0.25) is 0 Å². The van der Waals surface area contributed by atoms with Crippen LogP contribution in [0.25, 0.3) is 0 Å². The molecule has 0 radical (unpaired) electrons. The van der Waals surface area contributed by atoms with Crippen molar-refractivity contribution in [1.29, 1.82) is 0 Å². The van der Waals surface area contributed by atoms with E-state index in [1.165, 1.54) is 6.20 Å². The minimum Gasteiger partial charge on any atom is -0.380 e. The van der Waals surface area contributed by atoms with Crippen LogP contribution in [0.1, 0.15) is 17.4 Å². The zero-order valence-electron chi connectivity index (χ0n) is 10.4. The lowest BCUT2D eigenvalue weighted by molar-refractivity contribution is 0.0704. The van der Waals surface area contributed by atoms with Gasteiger partial charge in [0, 0.05) is 27.2 Å². The molecule has 0 aliphatic heterocycles. The summed E-state index contributed by atoms with van der Waals surface area (Å²) in [6.07, 6.45) is 3.03. The second-order valence-electron chi connectivity index (χ2n) is 3.46. The molecule has 0 aliphatic carbocycles. The molecule has 1 N–H and O–H groups in total. The van der Waals surface area contributed by atoms with Crippen LogP contribution in [0.5, 0.6) is 0 Å². The molecule has 1 amide bonds. The summed E-state index contributed by atoms with van der Waals surface area (Å²) in [7, 11) is 3.45. The third kappa shape index (κ3) is 3.99. The molecule has 0 spiro atoms. The van der Waals surface area contributed by atoms with E-state index in [1.807, 2.05) is 6.92 Å². The van der Waals surface area contributed by atoms with Gasteiger partial charge in [-0.25, -0.2) is 4.98 Å². The molecule has 0 saturated carbocycles. The second-order valence-corrected chi connectivity index (χ2v) is 3.46. The second kappa shape index (κ2) is 6.80. The van der Waals surface area contributed by atoms with Crippen LogP contribution >= 0.6 is 0 Å². The fraction of sp³-hybridized carbons (Fsp3) is 0.545. The van der Waals surface area contributed by atoms with Crippen molar-refractivity contribution in [2.24, 2.45) is 0 Å². The molecule has 17 heavy (non-hydrogen) atoms. The first-order valence-corrected chi connectivity index (χ1v) is 5.52. The lowest BCUT2D eigenvalue weighted by Gasteiger charge is -2.16. The van der Waals surface area contributed by atoms with Crippen molar-refractivity contribution in [2.45, 2.75) is 6.92 Å². The number of hydrogen-bond donors (Lipinski definition) is 1. The Morgan fingerprint density at radius 1 is 1.53 bits per heavy atom. The average molecular weight is 238 g/mol. The van der Waals surface area contributed by atoms with Gasteiger partial charge in [-0.15, -0.1) is 0 Å². The molecule has 0 unspecified atom stereocenters. The van der Waals surface area contributed by atoms with E-state index in [1.54, 1.807) is 25.2 Å². The molecule has 1 aromatic rings. The zero-order valence-corrected chi connectivity index (χ0v) is 10.4. The normalized spacial score (nSPS) is 10.1. The van der Waals surface area contributed by atoms with Crippen molar-refractivity contribution in [3.63, 3.8) is 0 Å². The number of carbonyl (C=O) groups is 1. The number of anilines is 1. The smallest absolute Gasteiger partial charge is 0.273 e. The molecule has 94 valence electrons. The van der Waals surface area contributed by atoms with Crippen molar-refractivity contribution in [2.75, 3.05) is 39.2 Å². The maximum atomic E-state index is 11.9. The van der Waals surface area contributed by atoms with Crippen LogP contribution in [-0.4, -0.2) is 54.6 Å². The standard InChI is InChI=1S/C11H18N4O2/c1-4-17-6-5-15(3)11(16)9-7-13-8-10(12-2)14-9/h7-8H,4-6H2,1-3H3,(H,12,14). The van der Waals surface area contributed by atoms with E-state index in [2.05, 4.69) is 15.3 Å². The molecule has 0 aliphatic rings. The topological polar surface area (TPSA) is 67.3 Å². The maximum Gasteiger partial charge on any atom is 0.273 e. The molecule has 0 aromatic carbocycles. The molecule has 0 atom stereocenters. The Balaban J connectivity index is 2.61. The van der Waals surface area contributed by atoms with Gasteiger partial charge in [-0.05, 0) is 6.92 Å². The Morgan fingerprint density at radius 3 is 2.94 bits per heavy atom. The predicted octanol–water partition coefficient (Wildman–Crippen LogP) is 0.627. The van der Waals surface area contributed by atoms with Crippen LogP contribution in [-0.2, 0) is 4.74 Å². The Labute approximate surface area is 101 Å². The summed E-state index contributed by atoms with van der Waals surface area (Å²) in [5.74, 6) is 0.420.